The van der Waals surface area contributed by atoms with E-state index in [4.69, 9.17) is 14.9 Å². The van der Waals surface area contributed by atoms with Crippen LogP contribution in [0.1, 0.15) is 30.3 Å². The van der Waals surface area contributed by atoms with Gasteiger partial charge in [0.05, 0.1) is 0 Å². The Morgan fingerprint density at radius 3 is 2.83 bits per heavy atom. The maximum atomic E-state index is 5.89. The number of nitrogens with two attached hydrogens (primary N) is 1. The van der Waals surface area contributed by atoms with Crippen LogP contribution in [0.4, 0.5) is 0 Å². The van der Waals surface area contributed by atoms with Gasteiger partial charge in [-0.05, 0) is 19.1 Å². The summed E-state index contributed by atoms with van der Waals surface area (Å²) in [5.41, 5.74) is 6.83. The molecule has 1 atom stereocenters. The SMILES string of the molecule is Cc1nnc(COc2cc(Br)ccc2[C@H](C)N)o1. The first-order valence-corrected chi connectivity index (χ1v) is 6.32. The zero-order chi connectivity index (χ0) is 13.1. The van der Waals surface area contributed by atoms with Crippen LogP contribution in [0, 0.1) is 6.92 Å². The van der Waals surface area contributed by atoms with E-state index < -0.39 is 0 Å². The molecule has 2 rings (SSSR count). The number of nitrogens with zero attached hydrogens (tertiary/aromatic N) is 2. The molecule has 6 heteroatoms. The highest BCUT2D eigenvalue weighted by atomic mass is 79.9. The van der Waals surface area contributed by atoms with Crippen molar-refractivity contribution in [2.75, 3.05) is 0 Å². The van der Waals surface area contributed by atoms with E-state index in [0.717, 1.165) is 15.8 Å². The molecule has 0 bridgehead atoms. The molecular formula is C12H14BrN3O2. The lowest BCUT2D eigenvalue weighted by atomic mass is 10.1. The monoisotopic (exact) mass is 311 g/mol. The van der Waals surface area contributed by atoms with E-state index in [1.807, 2.05) is 25.1 Å². The summed E-state index contributed by atoms with van der Waals surface area (Å²) in [6, 6.07) is 5.64. The van der Waals surface area contributed by atoms with E-state index in [-0.39, 0.29) is 12.6 Å². The summed E-state index contributed by atoms with van der Waals surface area (Å²) in [6.45, 7) is 3.88. The molecule has 96 valence electrons. The average molecular weight is 312 g/mol. The molecule has 0 fully saturated rings. The quantitative estimate of drug-likeness (QED) is 0.939. The first-order chi connectivity index (χ1) is 8.56. The van der Waals surface area contributed by atoms with Gasteiger partial charge in [-0.3, -0.25) is 0 Å². The number of rotatable bonds is 4. The molecule has 0 saturated carbocycles. The summed E-state index contributed by atoms with van der Waals surface area (Å²) in [7, 11) is 0. The molecular weight excluding hydrogens is 298 g/mol. The lowest BCUT2D eigenvalue weighted by Crippen LogP contribution is -2.08. The maximum absolute atomic E-state index is 5.89. The van der Waals surface area contributed by atoms with Crippen molar-refractivity contribution in [2.24, 2.45) is 5.73 Å². The smallest absolute Gasteiger partial charge is 0.253 e. The molecule has 2 N–H and O–H groups in total. The van der Waals surface area contributed by atoms with Gasteiger partial charge in [0.2, 0.25) is 5.89 Å². The minimum absolute atomic E-state index is 0.0995. The van der Waals surface area contributed by atoms with Gasteiger partial charge in [-0.1, -0.05) is 22.0 Å². The van der Waals surface area contributed by atoms with Crippen molar-refractivity contribution in [3.05, 3.63) is 40.0 Å². The minimum Gasteiger partial charge on any atom is -0.483 e. The van der Waals surface area contributed by atoms with Crippen LogP contribution in [0.5, 0.6) is 5.75 Å². The molecule has 18 heavy (non-hydrogen) atoms. The van der Waals surface area contributed by atoms with Gasteiger partial charge < -0.3 is 14.9 Å². The van der Waals surface area contributed by atoms with Crippen molar-refractivity contribution in [1.29, 1.82) is 0 Å². The lowest BCUT2D eigenvalue weighted by Gasteiger charge is -2.13. The number of hydrogen-bond donors (Lipinski definition) is 1. The van der Waals surface area contributed by atoms with Gasteiger partial charge in [-0.25, -0.2) is 0 Å². The molecule has 0 aliphatic heterocycles. The number of hydrogen-bond acceptors (Lipinski definition) is 5. The Hall–Kier alpha value is -1.40. The van der Waals surface area contributed by atoms with Crippen molar-refractivity contribution in [2.45, 2.75) is 26.5 Å². The fourth-order valence-electron chi connectivity index (χ4n) is 1.54. The third-order valence-corrected chi connectivity index (χ3v) is 2.88. The highest BCUT2D eigenvalue weighted by molar-refractivity contribution is 9.10. The van der Waals surface area contributed by atoms with Crippen molar-refractivity contribution < 1.29 is 9.15 Å². The third kappa shape index (κ3) is 3.08. The van der Waals surface area contributed by atoms with Crippen LogP contribution in [0.2, 0.25) is 0 Å². The Labute approximate surface area is 113 Å². The van der Waals surface area contributed by atoms with E-state index in [1.54, 1.807) is 6.92 Å². The van der Waals surface area contributed by atoms with Crippen LogP contribution in [-0.4, -0.2) is 10.2 Å². The third-order valence-electron chi connectivity index (χ3n) is 2.39. The predicted octanol–water partition coefficient (Wildman–Crippen LogP) is 2.74. The topological polar surface area (TPSA) is 74.2 Å². The van der Waals surface area contributed by atoms with Gasteiger partial charge in [-0.2, -0.15) is 0 Å². The first-order valence-electron chi connectivity index (χ1n) is 5.53. The van der Waals surface area contributed by atoms with Crippen molar-refractivity contribution in [1.82, 2.24) is 10.2 Å². The molecule has 0 amide bonds. The van der Waals surface area contributed by atoms with Gasteiger partial charge in [0.25, 0.3) is 5.89 Å². The van der Waals surface area contributed by atoms with E-state index >= 15 is 0 Å². The second-order valence-corrected chi connectivity index (χ2v) is 4.89. The van der Waals surface area contributed by atoms with Crippen LogP contribution in [0.15, 0.2) is 27.1 Å². The second kappa shape index (κ2) is 5.49. The van der Waals surface area contributed by atoms with Crippen LogP contribution >= 0.6 is 15.9 Å². The molecule has 0 aliphatic rings. The maximum Gasteiger partial charge on any atom is 0.253 e. The minimum atomic E-state index is -0.0995. The predicted molar refractivity (Wildman–Crippen MR) is 70.1 cm³/mol. The van der Waals surface area contributed by atoms with Gasteiger partial charge >= 0.3 is 0 Å². The summed E-state index contributed by atoms with van der Waals surface area (Å²) in [4.78, 5) is 0. The Balaban J connectivity index is 2.15. The van der Waals surface area contributed by atoms with Crippen molar-refractivity contribution in [3.63, 3.8) is 0 Å². The van der Waals surface area contributed by atoms with E-state index in [9.17, 15) is 0 Å². The molecule has 0 aliphatic carbocycles. The molecule has 5 nitrogen and oxygen atoms in total. The first kappa shape index (κ1) is 13.0. The molecule has 2 aromatic rings. The summed E-state index contributed by atoms with van der Waals surface area (Å²) < 4.78 is 11.9. The lowest BCUT2D eigenvalue weighted by molar-refractivity contribution is 0.257. The number of benzene rings is 1. The summed E-state index contributed by atoms with van der Waals surface area (Å²) in [5, 5.41) is 7.62. The van der Waals surface area contributed by atoms with Gasteiger partial charge in [0.15, 0.2) is 6.61 Å². The van der Waals surface area contributed by atoms with Gasteiger partial charge in [0.1, 0.15) is 5.75 Å². The van der Waals surface area contributed by atoms with E-state index in [1.165, 1.54) is 0 Å². The van der Waals surface area contributed by atoms with E-state index in [2.05, 4.69) is 26.1 Å². The number of halogens is 1. The van der Waals surface area contributed by atoms with Crippen LogP contribution in [0.25, 0.3) is 0 Å². The van der Waals surface area contributed by atoms with Crippen molar-refractivity contribution in [3.8, 4) is 5.75 Å². The van der Waals surface area contributed by atoms with E-state index in [0.29, 0.717) is 11.8 Å². The molecule has 1 heterocycles. The van der Waals surface area contributed by atoms with Crippen LogP contribution in [-0.2, 0) is 6.61 Å². The molecule has 1 aromatic heterocycles. The molecule has 0 saturated heterocycles. The Morgan fingerprint density at radius 2 is 2.22 bits per heavy atom. The summed E-state index contributed by atoms with van der Waals surface area (Å²) in [6.07, 6.45) is 0. The van der Waals surface area contributed by atoms with Gasteiger partial charge in [0, 0.05) is 23.0 Å². The standard InChI is InChI=1S/C12H14BrN3O2/c1-7(14)10-4-3-9(13)5-11(10)17-6-12-16-15-8(2)18-12/h3-5,7H,6,14H2,1-2H3/t7-/m0/s1. The van der Waals surface area contributed by atoms with Crippen LogP contribution < -0.4 is 10.5 Å². The fraction of sp³-hybridized carbons (Fsp3) is 0.333. The normalized spacial score (nSPS) is 12.4. The number of aromatic nitrogens is 2. The Kier molecular flexibility index (Phi) is 3.98. The molecule has 0 unspecified atom stereocenters. The summed E-state index contributed by atoms with van der Waals surface area (Å²) >= 11 is 3.40. The van der Waals surface area contributed by atoms with Crippen LogP contribution in [0.3, 0.4) is 0 Å². The fourth-order valence-corrected chi connectivity index (χ4v) is 1.88. The Morgan fingerprint density at radius 1 is 1.44 bits per heavy atom. The number of aryl methyl sites for hydroxylation is 1. The molecule has 1 aromatic carbocycles. The zero-order valence-electron chi connectivity index (χ0n) is 10.2. The zero-order valence-corrected chi connectivity index (χ0v) is 11.8. The van der Waals surface area contributed by atoms with Crippen molar-refractivity contribution >= 4 is 15.9 Å². The molecule has 0 spiro atoms. The van der Waals surface area contributed by atoms with Gasteiger partial charge in [-0.15, -0.1) is 10.2 Å². The molecule has 0 radical (unpaired) electrons. The number of ether oxygens (including phenoxy) is 1. The Bertz CT molecular complexity index is 540. The second-order valence-electron chi connectivity index (χ2n) is 3.97. The largest absolute Gasteiger partial charge is 0.483 e. The average Bonchev–Trinajstić information content (AvgIpc) is 2.72. The summed E-state index contributed by atoms with van der Waals surface area (Å²) in [5.74, 6) is 1.69. The highest BCUT2D eigenvalue weighted by Gasteiger charge is 2.10. The highest BCUT2D eigenvalue weighted by Crippen LogP contribution is 2.28.